The molecule has 100 valence electrons. The van der Waals surface area contributed by atoms with E-state index in [-0.39, 0.29) is 20.1 Å². The minimum Gasteiger partial charge on any atom is -0.545 e. The van der Waals surface area contributed by atoms with Gasteiger partial charge in [0.2, 0.25) is 0 Å². The van der Waals surface area contributed by atoms with Crippen molar-refractivity contribution in [2.45, 2.75) is 0 Å². The first-order chi connectivity index (χ1) is 9.43. The van der Waals surface area contributed by atoms with Crippen LogP contribution < -0.4 is 4.98 Å². The predicted molar refractivity (Wildman–Crippen MR) is 70.0 cm³/mol. The maximum absolute atomic E-state index is 7.75. The molecule has 0 atom stereocenters. The molecule has 6 heteroatoms. The van der Waals surface area contributed by atoms with Crippen LogP contribution in [-0.4, -0.2) is 16.8 Å². The molecule has 0 amide bonds. The van der Waals surface area contributed by atoms with Crippen LogP contribution in [-0.2, 0) is 24.9 Å². The molecule has 2 aromatic heterocycles. The average Bonchev–Trinajstić information content (AvgIpc) is 2.96. The van der Waals surface area contributed by atoms with Crippen LogP contribution in [0, 0.1) is 11.8 Å². The molecule has 5 nitrogen and oxygen atoms in total. The smallest absolute Gasteiger partial charge is 0.545 e. The Morgan fingerprint density at radius 1 is 1.05 bits per heavy atom. The molecule has 0 radical (unpaired) electrons. The molecule has 0 bridgehead atoms. The Bertz CT molecular complexity index is 619. The van der Waals surface area contributed by atoms with Crippen LogP contribution in [0.1, 0.15) is 0 Å². The number of aromatic nitrogens is 3. The summed E-state index contributed by atoms with van der Waals surface area (Å²) in [5, 5.41) is 6.25. The Hall–Kier alpha value is -2.35. The van der Waals surface area contributed by atoms with E-state index in [0.717, 1.165) is 16.7 Å². The zero-order valence-electron chi connectivity index (χ0n) is 10.2. The van der Waals surface area contributed by atoms with Gasteiger partial charge in [-0.2, -0.15) is 0 Å². The van der Waals surface area contributed by atoms with Crippen molar-refractivity contribution < 1.29 is 24.9 Å². The SMILES string of the molecule is [C-]#N.[CH-]=O.[Ir+3].c1ccc(-c2nc3ccccc3[n-]2)nc1. The van der Waals surface area contributed by atoms with Crippen molar-refractivity contribution in [3.63, 3.8) is 0 Å². The van der Waals surface area contributed by atoms with Crippen LogP contribution in [0.25, 0.3) is 22.6 Å². The van der Waals surface area contributed by atoms with Crippen LogP contribution in [0.3, 0.4) is 0 Å². The molecule has 3 aromatic rings. The Labute approximate surface area is 130 Å². The van der Waals surface area contributed by atoms with Gasteiger partial charge in [-0.1, -0.05) is 30.3 Å². The van der Waals surface area contributed by atoms with Gasteiger partial charge in [-0.25, -0.2) is 0 Å². The third-order valence-electron chi connectivity index (χ3n) is 2.23. The molecule has 2 heterocycles. The Kier molecular flexibility index (Phi) is 8.44. The zero-order valence-corrected chi connectivity index (χ0v) is 12.6. The van der Waals surface area contributed by atoms with Gasteiger partial charge in [0.15, 0.2) is 0 Å². The number of carbonyl (C=O) groups excluding carboxylic acids is 1. The van der Waals surface area contributed by atoms with Crippen LogP contribution in [0.5, 0.6) is 0 Å². The van der Waals surface area contributed by atoms with Crippen molar-refractivity contribution in [2.75, 3.05) is 0 Å². The molecule has 20 heavy (non-hydrogen) atoms. The second-order valence-corrected chi connectivity index (χ2v) is 3.25. The standard InChI is InChI=1S/C12H8N3.CN.CHO.Ir/c1-2-6-10-9(5-1)14-12(15-10)11-7-3-4-8-13-11;2*1-2;/h1-8H;;1H;/q3*-1;+3. The molecule has 0 aliphatic carbocycles. The third-order valence-corrected chi connectivity index (χ3v) is 2.23. The summed E-state index contributed by atoms with van der Waals surface area (Å²) < 4.78 is 0. The van der Waals surface area contributed by atoms with E-state index in [2.05, 4.69) is 21.7 Å². The summed E-state index contributed by atoms with van der Waals surface area (Å²) in [6.07, 6.45) is 1.75. The van der Waals surface area contributed by atoms with E-state index in [9.17, 15) is 0 Å². The number of para-hydroxylation sites is 2. The maximum atomic E-state index is 7.75. The topological polar surface area (TPSA) is 80.7 Å². The van der Waals surface area contributed by atoms with Gasteiger partial charge in [0.05, 0.1) is 5.69 Å². The quantitative estimate of drug-likeness (QED) is 0.427. The van der Waals surface area contributed by atoms with E-state index < -0.39 is 0 Å². The van der Waals surface area contributed by atoms with Crippen LogP contribution in [0.2, 0.25) is 0 Å². The van der Waals surface area contributed by atoms with Gasteiger partial charge in [0, 0.05) is 6.20 Å². The Morgan fingerprint density at radius 3 is 2.30 bits per heavy atom. The van der Waals surface area contributed by atoms with Crippen molar-refractivity contribution in [2.24, 2.45) is 0 Å². The van der Waals surface area contributed by atoms with Gasteiger partial charge in [-0.15, -0.1) is 0 Å². The van der Waals surface area contributed by atoms with Gasteiger partial charge < -0.3 is 26.6 Å². The van der Waals surface area contributed by atoms with Gasteiger partial charge in [0.1, 0.15) is 0 Å². The van der Waals surface area contributed by atoms with E-state index in [0.29, 0.717) is 5.82 Å². The molecule has 0 N–H and O–H groups in total. The minimum absolute atomic E-state index is 0. The first-order valence-electron chi connectivity index (χ1n) is 5.20. The molecule has 3 rings (SSSR count). The third kappa shape index (κ3) is 4.09. The summed E-state index contributed by atoms with van der Waals surface area (Å²) in [4.78, 5) is 20.8. The van der Waals surface area contributed by atoms with Crippen LogP contribution >= 0.6 is 0 Å². The average molecular weight is 441 g/mol. The van der Waals surface area contributed by atoms with Gasteiger partial charge in [-0.05, 0) is 29.0 Å². The normalized spacial score (nSPS) is 8.30. The number of rotatable bonds is 1. The first kappa shape index (κ1) is 17.6. The number of pyridine rings is 1. The molecule has 0 unspecified atom stereocenters. The number of imidazole rings is 1. The molecule has 0 fully saturated rings. The predicted octanol–water partition coefficient (Wildman–Crippen LogP) is 2.07. The Morgan fingerprint density at radius 2 is 1.70 bits per heavy atom. The fourth-order valence-corrected chi connectivity index (χ4v) is 1.52. The second-order valence-electron chi connectivity index (χ2n) is 3.25. The summed E-state index contributed by atoms with van der Waals surface area (Å²) in [6.45, 7) is 8.00. The van der Waals surface area contributed by atoms with Crippen LogP contribution in [0.4, 0.5) is 0 Å². The van der Waals surface area contributed by atoms with Gasteiger partial charge in [0.25, 0.3) is 0 Å². The molecular formula is C14H9IrN4O. The summed E-state index contributed by atoms with van der Waals surface area (Å²) in [6, 6.07) is 13.5. The Balaban J connectivity index is 0.000000667. The number of benzene rings is 1. The van der Waals surface area contributed by atoms with Crippen molar-refractivity contribution >= 4 is 17.8 Å². The van der Waals surface area contributed by atoms with E-state index in [4.69, 9.17) is 16.6 Å². The minimum atomic E-state index is 0. The summed E-state index contributed by atoms with van der Waals surface area (Å²) in [5.74, 6) is 0.691. The van der Waals surface area contributed by atoms with Gasteiger partial charge in [-0.3, -0.25) is 11.8 Å². The van der Waals surface area contributed by atoms with Crippen LogP contribution in [0.15, 0.2) is 48.7 Å². The molecular weight excluding hydrogens is 432 g/mol. The van der Waals surface area contributed by atoms with Crippen molar-refractivity contribution in [1.29, 1.82) is 5.26 Å². The first-order valence-corrected chi connectivity index (χ1v) is 5.20. The monoisotopic (exact) mass is 442 g/mol. The number of nitrogens with zero attached hydrogens (tertiary/aromatic N) is 4. The second kappa shape index (κ2) is 9.56. The molecule has 0 saturated carbocycles. The summed E-state index contributed by atoms with van der Waals surface area (Å²) >= 11 is 0. The summed E-state index contributed by atoms with van der Waals surface area (Å²) in [5.41, 5.74) is 2.64. The molecule has 0 spiro atoms. The fraction of sp³-hybridized carbons (Fsp3) is 0. The number of hydrogen-bond acceptors (Lipinski definition) is 4. The van der Waals surface area contributed by atoms with E-state index in [1.54, 1.807) is 6.20 Å². The molecule has 0 aliphatic rings. The number of hydrogen-bond donors (Lipinski definition) is 0. The zero-order chi connectivity index (χ0) is 14.1. The van der Waals surface area contributed by atoms with Crippen molar-refractivity contribution in [1.82, 2.24) is 15.0 Å². The largest absolute Gasteiger partial charge is 3.00 e. The molecule has 1 aromatic carbocycles. The number of fused-ring (bicyclic) bond motifs is 1. The maximum Gasteiger partial charge on any atom is 3.00 e. The summed E-state index contributed by atoms with van der Waals surface area (Å²) in [7, 11) is 0. The van der Waals surface area contributed by atoms with E-state index in [1.807, 2.05) is 42.5 Å². The molecule has 0 saturated heterocycles. The van der Waals surface area contributed by atoms with E-state index in [1.165, 1.54) is 0 Å². The van der Waals surface area contributed by atoms with Crippen molar-refractivity contribution in [3.05, 3.63) is 55.2 Å². The van der Waals surface area contributed by atoms with Crippen molar-refractivity contribution in [3.8, 4) is 11.5 Å². The van der Waals surface area contributed by atoms with Gasteiger partial charge >= 0.3 is 20.1 Å². The fourth-order valence-electron chi connectivity index (χ4n) is 1.52. The molecule has 0 aliphatic heterocycles. The van der Waals surface area contributed by atoms with E-state index >= 15 is 0 Å².